The molecule has 1 N–H and O–H groups in total. The van der Waals surface area contributed by atoms with E-state index in [-0.39, 0.29) is 6.10 Å². The largest absolute Gasteiger partial charge is 0.369 e. The molecule has 0 amide bonds. The van der Waals surface area contributed by atoms with Crippen LogP contribution in [-0.2, 0) is 11.3 Å². The van der Waals surface area contributed by atoms with E-state index in [1.54, 1.807) is 6.20 Å². The van der Waals surface area contributed by atoms with E-state index in [4.69, 9.17) is 14.2 Å². The minimum Gasteiger partial charge on any atom is -0.369 e. The lowest BCUT2D eigenvalue weighted by molar-refractivity contribution is -0.0353. The Morgan fingerprint density at radius 2 is 2.20 bits per heavy atom. The topological polar surface area (TPSA) is 80.1 Å². The molecule has 3 aromatic rings. The SMILES string of the molecule is Cc1noc(C)c1-c1cccc(C2CN(Cc3ccn[nH]3)CCO2)n1. The average molecular weight is 339 g/mol. The number of morpholine rings is 1. The number of pyridine rings is 1. The first-order chi connectivity index (χ1) is 12.2. The molecule has 1 aliphatic heterocycles. The van der Waals surface area contributed by atoms with Crippen molar-refractivity contribution in [3.05, 3.63) is 53.3 Å². The summed E-state index contributed by atoms with van der Waals surface area (Å²) in [6, 6.07) is 8.02. The quantitative estimate of drug-likeness (QED) is 0.787. The fourth-order valence-electron chi connectivity index (χ4n) is 3.26. The molecule has 130 valence electrons. The molecular formula is C18H21N5O2. The van der Waals surface area contributed by atoms with Gasteiger partial charge < -0.3 is 9.26 Å². The van der Waals surface area contributed by atoms with Gasteiger partial charge in [0.1, 0.15) is 11.9 Å². The normalized spacial score (nSPS) is 18.6. The maximum atomic E-state index is 5.98. The summed E-state index contributed by atoms with van der Waals surface area (Å²) in [4.78, 5) is 7.17. The van der Waals surface area contributed by atoms with Gasteiger partial charge in [-0.05, 0) is 32.0 Å². The molecule has 0 saturated carbocycles. The van der Waals surface area contributed by atoms with Gasteiger partial charge >= 0.3 is 0 Å². The number of aromatic nitrogens is 4. The van der Waals surface area contributed by atoms with Gasteiger partial charge in [-0.2, -0.15) is 5.10 Å². The van der Waals surface area contributed by atoms with Crippen LogP contribution in [0.4, 0.5) is 0 Å². The molecule has 0 bridgehead atoms. The maximum Gasteiger partial charge on any atom is 0.143 e. The van der Waals surface area contributed by atoms with E-state index in [9.17, 15) is 0 Å². The number of rotatable bonds is 4. The molecule has 0 radical (unpaired) electrons. The molecule has 0 spiro atoms. The van der Waals surface area contributed by atoms with E-state index in [1.807, 2.05) is 38.1 Å². The van der Waals surface area contributed by atoms with Crippen LogP contribution in [0.5, 0.6) is 0 Å². The van der Waals surface area contributed by atoms with Crippen LogP contribution in [0.25, 0.3) is 11.3 Å². The second kappa shape index (κ2) is 6.78. The number of aryl methyl sites for hydroxylation is 2. The molecule has 1 saturated heterocycles. The van der Waals surface area contributed by atoms with Crippen molar-refractivity contribution in [1.82, 2.24) is 25.2 Å². The Balaban J connectivity index is 1.54. The average Bonchev–Trinajstić information content (AvgIpc) is 3.25. The molecule has 0 aromatic carbocycles. The van der Waals surface area contributed by atoms with Gasteiger partial charge in [0.2, 0.25) is 0 Å². The molecule has 1 atom stereocenters. The Morgan fingerprint density at radius 3 is 2.96 bits per heavy atom. The highest BCUT2D eigenvalue weighted by atomic mass is 16.5. The first-order valence-corrected chi connectivity index (χ1v) is 8.43. The summed E-state index contributed by atoms with van der Waals surface area (Å²) in [5.41, 5.74) is 4.74. The molecule has 4 heterocycles. The fourth-order valence-corrected chi connectivity index (χ4v) is 3.26. The van der Waals surface area contributed by atoms with E-state index < -0.39 is 0 Å². The number of nitrogens with one attached hydrogen (secondary N) is 1. The third-order valence-electron chi connectivity index (χ3n) is 4.49. The van der Waals surface area contributed by atoms with Crippen molar-refractivity contribution >= 4 is 0 Å². The van der Waals surface area contributed by atoms with E-state index in [0.29, 0.717) is 6.61 Å². The van der Waals surface area contributed by atoms with Gasteiger partial charge in [0, 0.05) is 31.5 Å². The molecule has 0 aliphatic carbocycles. The lowest BCUT2D eigenvalue weighted by Gasteiger charge is -2.32. The summed E-state index contributed by atoms with van der Waals surface area (Å²) < 4.78 is 11.2. The van der Waals surface area contributed by atoms with Crippen LogP contribution in [-0.4, -0.2) is 44.9 Å². The highest BCUT2D eigenvalue weighted by molar-refractivity contribution is 5.63. The zero-order chi connectivity index (χ0) is 17.2. The number of hydrogen-bond donors (Lipinski definition) is 1. The van der Waals surface area contributed by atoms with Crippen LogP contribution in [0.15, 0.2) is 35.0 Å². The number of H-pyrrole nitrogens is 1. The van der Waals surface area contributed by atoms with Crippen molar-refractivity contribution < 1.29 is 9.26 Å². The van der Waals surface area contributed by atoms with Gasteiger partial charge in [0.15, 0.2) is 0 Å². The summed E-state index contributed by atoms with van der Waals surface area (Å²) in [5.74, 6) is 0.785. The van der Waals surface area contributed by atoms with Gasteiger partial charge in [-0.3, -0.25) is 10.00 Å². The second-order valence-corrected chi connectivity index (χ2v) is 6.32. The molecule has 1 unspecified atom stereocenters. The fraction of sp³-hybridized carbons (Fsp3) is 0.389. The van der Waals surface area contributed by atoms with Crippen molar-refractivity contribution in [1.29, 1.82) is 0 Å². The molecule has 1 fully saturated rings. The molecule has 7 nitrogen and oxygen atoms in total. The van der Waals surface area contributed by atoms with Gasteiger partial charge in [-0.25, -0.2) is 4.98 Å². The van der Waals surface area contributed by atoms with Crippen LogP contribution in [0.3, 0.4) is 0 Å². The van der Waals surface area contributed by atoms with Gasteiger partial charge in [0.25, 0.3) is 0 Å². The Kier molecular flexibility index (Phi) is 4.33. The van der Waals surface area contributed by atoms with Crippen molar-refractivity contribution in [2.24, 2.45) is 0 Å². The third kappa shape index (κ3) is 3.33. The molecule has 7 heteroatoms. The summed E-state index contributed by atoms with van der Waals surface area (Å²) in [5, 5.41) is 11.0. The Bertz CT molecular complexity index is 824. The smallest absolute Gasteiger partial charge is 0.143 e. The molecule has 1 aliphatic rings. The zero-order valence-corrected chi connectivity index (χ0v) is 14.4. The van der Waals surface area contributed by atoms with Crippen molar-refractivity contribution in [3.63, 3.8) is 0 Å². The molecule has 25 heavy (non-hydrogen) atoms. The molecular weight excluding hydrogens is 318 g/mol. The zero-order valence-electron chi connectivity index (χ0n) is 14.4. The van der Waals surface area contributed by atoms with E-state index in [0.717, 1.165) is 53.7 Å². The van der Waals surface area contributed by atoms with Gasteiger partial charge in [-0.1, -0.05) is 11.2 Å². The maximum absolute atomic E-state index is 5.98. The van der Waals surface area contributed by atoms with Crippen LogP contribution >= 0.6 is 0 Å². The lowest BCUT2D eigenvalue weighted by Crippen LogP contribution is -2.38. The van der Waals surface area contributed by atoms with E-state index in [2.05, 4.69) is 20.3 Å². The Morgan fingerprint density at radius 1 is 1.28 bits per heavy atom. The highest BCUT2D eigenvalue weighted by Crippen LogP contribution is 2.28. The van der Waals surface area contributed by atoms with Crippen molar-refractivity contribution in [2.45, 2.75) is 26.5 Å². The first kappa shape index (κ1) is 16.0. The third-order valence-corrected chi connectivity index (χ3v) is 4.49. The number of nitrogens with zero attached hydrogens (tertiary/aromatic N) is 4. The second-order valence-electron chi connectivity index (χ2n) is 6.32. The summed E-state index contributed by atoms with van der Waals surface area (Å²) in [6.07, 6.45) is 1.74. The van der Waals surface area contributed by atoms with Gasteiger partial charge in [0.05, 0.1) is 29.3 Å². The first-order valence-electron chi connectivity index (χ1n) is 8.43. The number of hydrogen-bond acceptors (Lipinski definition) is 6. The summed E-state index contributed by atoms with van der Waals surface area (Å²) >= 11 is 0. The predicted octanol–water partition coefficient (Wildman–Crippen LogP) is 2.65. The summed E-state index contributed by atoms with van der Waals surface area (Å²) in [7, 11) is 0. The predicted molar refractivity (Wildman–Crippen MR) is 91.8 cm³/mol. The lowest BCUT2D eigenvalue weighted by atomic mass is 10.1. The minimum absolute atomic E-state index is 0.0444. The van der Waals surface area contributed by atoms with Crippen molar-refractivity contribution in [3.8, 4) is 11.3 Å². The Hall–Kier alpha value is -2.51. The molecule has 3 aromatic heterocycles. The molecule has 4 rings (SSSR count). The van der Waals surface area contributed by atoms with Crippen LogP contribution < -0.4 is 0 Å². The monoisotopic (exact) mass is 339 g/mol. The van der Waals surface area contributed by atoms with E-state index in [1.165, 1.54) is 0 Å². The van der Waals surface area contributed by atoms with Gasteiger partial charge in [-0.15, -0.1) is 0 Å². The number of ether oxygens (including phenoxy) is 1. The van der Waals surface area contributed by atoms with Crippen LogP contribution in [0, 0.1) is 13.8 Å². The van der Waals surface area contributed by atoms with E-state index >= 15 is 0 Å². The van der Waals surface area contributed by atoms with Crippen LogP contribution in [0.1, 0.15) is 28.9 Å². The minimum atomic E-state index is -0.0444. The summed E-state index contributed by atoms with van der Waals surface area (Å²) in [6.45, 7) is 7.08. The highest BCUT2D eigenvalue weighted by Gasteiger charge is 2.24. The Labute approximate surface area is 146 Å². The standard InChI is InChI=1S/C18H21N5O2/c1-12-18(13(2)25-22-12)16-5-3-4-15(20-16)17-11-23(8-9-24-17)10-14-6-7-19-21-14/h3-7,17H,8-11H2,1-2H3,(H,19,21). The number of aromatic amines is 1. The van der Waals surface area contributed by atoms with Crippen LogP contribution in [0.2, 0.25) is 0 Å². The van der Waals surface area contributed by atoms with Crippen molar-refractivity contribution in [2.75, 3.05) is 19.7 Å².